The summed E-state index contributed by atoms with van der Waals surface area (Å²) in [6.07, 6.45) is -1.07. The van der Waals surface area contributed by atoms with Crippen LogP contribution in [0.15, 0.2) is 36.4 Å². The van der Waals surface area contributed by atoms with E-state index in [0.717, 1.165) is 12.1 Å². The zero-order chi connectivity index (χ0) is 17.7. The van der Waals surface area contributed by atoms with Gasteiger partial charge in [0.25, 0.3) is 0 Å². The van der Waals surface area contributed by atoms with E-state index in [1.165, 1.54) is 25.3 Å². The SMILES string of the molecule is COc1cc(NNC(=O)Oc2ccc(F)cc2F)ccc1[N+](=O)[O-]. The monoisotopic (exact) mass is 339 g/mol. The van der Waals surface area contributed by atoms with Crippen molar-refractivity contribution in [2.45, 2.75) is 0 Å². The molecule has 0 spiro atoms. The third-order valence-electron chi connectivity index (χ3n) is 2.78. The van der Waals surface area contributed by atoms with Gasteiger partial charge in [0.1, 0.15) is 5.82 Å². The van der Waals surface area contributed by atoms with Gasteiger partial charge in [-0.05, 0) is 18.2 Å². The van der Waals surface area contributed by atoms with E-state index in [1.54, 1.807) is 0 Å². The maximum atomic E-state index is 13.3. The first-order valence-corrected chi connectivity index (χ1v) is 6.42. The molecular formula is C14H11F2N3O5. The van der Waals surface area contributed by atoms with Gasteiger partial charge in [-0.15, -0.1) is 0 Å². The Bertz CT molecular complexity index is 785. The highest BCUT2D eigenvalue weighted by molar-refractivity contribution is 5.72. The fourth-order valence-corrected chi connectivity index (χ4v) is 1.71. The van der Waals surface area contributed by atoms with E-state index in [2.05, 4.69) is 15.6 Å². The number of amides is 1. The van der Waals surface area contributed by atoms with Gasteiger partial charge in [-0.2, -0.15) is 0 Å². The summed E-state index contributed by atoms with van der Waals surface area (Å²) in [5.74, 6) is -2.33. The highest BCUT2D eigenvalue weighted by Crippen LogP contribution is 2.29. The predicted octanol–water partition coefficient (Wildman–Crippen LogP) is 3.00. The molecule has 2 aromatic rings. The Balaban J connectivity index is 2.00. The number of nitro groups is 1. The molecule has 1 amide bonds. The van der Waals surface area contributed by atoms with Crippen LogP contribution in [0.3, 0.4) is 0 Å². The highest BCUT2D eigenvalue weighted by atomic mass is 19.1. The average molecular weight is 339 g/mol. The molecule has 2 aromatic carbocycles. The van der Waals surface area contributed by atoms with Gasteiger partial charge in [0.05, 0.1) is 17.7 Å². The second-order valence-electron chi connectivity index (χ2n) is 4.36. The van der Waals surface area contributed by atoms with Crippen LogP contribution >= 0.6 is 0 Å². The van der Waals surface area contributed by atoms with Gasteiger partial charge >= 0.3 is 11.8 Å². The minimum absolute atomic E-state index is 0.0234. The van der Waals surface area contributed by atoms with E-state index in [9.17, 15) is 23.7 Å². The molecule has 10 heteroatoms. The van der Waals surface area contributed by atoms with Crippen LogP contribution in [0.5, 0.6) is 11.5 Å². The minimum atomic E-state index is -1.07. The second kappa shape index (κ2) is 7.22. The number of hydrogen-bond donors (Lipinski definition) is 2. The summed E-state index contributed by atoms with van der Waals surface area (Å²) in [7, 11) is 1.26. The Morgan fingerprint density at radius 1 is 1.17 bits per heavy atom. The van der Waals surface area contributed by atoms with E-state index in [-0.39, 0.29) is 17.1 Å². The summed E-state index contributed by atoms with van der Waals surface area (Å²) in [6, 6.07) is 6.22. The molecule has 0 atom stereocenters. The quantitative estimate of drug-likeness (QED) is 0.641. The summed E-state index contributed by atoms with van der Waals surface area (Å²) in [4.78, 5) is 21.7. The lowest BCUT2D eigenvalue weighted by molar-refractivity contribution is -0.385. The first-order chi connectivity index (χ1) is 11.4. The van der Waals surface area contributed by atoms with Gasteiger partial charge in [-0.3, -0.25) is 15.5 Å². The summed E-state index contributed by atoms with van der Waals surface area (Å²) in [5, 5.41) is 10.8. The molecule has 0 aliphatic rings. The van der Waals surface area contributed by atoms with Gasteiger partial charge in [-0.25, -0.2) is 19.0 Å². The summed E-state index contributed by atoms with van der Waals surface area (Å²) >= 11 is 0. The lowest BCUT2D eigenvalue weighted by Crippen LogP contribution is -2.32. The number of hydrogen-bond acceptors (Lipinski definition) is 6. The number of halogens is 2. The average Bonchev–Trinajstić information content (AvgIpc) is 2.55. The van der Waals surface area contributed by atoms with Crippen molar-refractivity contribution in [1.29, 1.82) is 0 Å². The summed E-state index contributed by atoms with van der Waals surface area (Å²) in [5.41, 5.74) is 4.51. The minimum Gasteiger partial charge on any atom is -0.490 e. The van der Waals surface area contributed by atoms with Crippen LogP contribution in [0.4, 0.5) is 25.0 Å². The van der Waals surface area contributed by atoms with Crippen LogP contribution < -0.4 is 20.3 Å². The lowest BCUT2D eigenvalue weighted by Gasteiger charge is -2.10. The van der Waals surface area contributed by atoms with Crippen molar-refractivity contribution in [1.82, 2.24) is 5.43 Å². The maximum Gasteiger partial charge on any atom is 0.431 e. The van der Waals surface area contributed by atoms with Crippen LogP contribution in [0.1, 0.15) is 0 Å². The van der Waals surface area contributed by atoms with E-state index >= 15 is 0 Å². The Morgan fingerprint density at radius 2 is 1.92 bits per heavy atom. The van der Waals surface area contributed by atoms with Crippen molar-refractivity contribution in [3.8, 4) is 11.5 Å². The number of anilines is 1. The molecule has 2 rings (SSSR count). The smallest absolute Gasteiger partial charge is 0.431 e. The van der Waals surface area contributed by atoms with Crippen LogP contribution in [-0.4, -0.2) is 18.1 Å². The molecule has 126 valence electrons. The Hall–Kier alpha value is -3.43. The molecule has 0 saturated heterocycles. The molecule has 0 aromatic heterocycles. The summed E-state index contributed by atoms with van der Waals surface area (Å²) < 4.78 is 35.6. The first-order valence-electron chi connectivity index (χ1n) is 6.42. The number of carbonyl (C=O) groups excluding carboxylic acids is 1. The number of ether oxygens (including phenoxy) is 2. The Labute approximate surface area is 134 Å². The fourth-order valence-electron chi connectivity index (χ4n) is 1.71. The molecule has 0 fully saturated rings. The van der Waals surface area contributed by atoms with Crippen LogP contribution in [0.25, 0.3) is 0 Å². The van der Waals surface area contributed by atoms with E-state index < -0.39 is 28.4 Å². The normalized spacial score (nSPS) is 9.96. The van der Waals surface area contributed by atoms with Crippen molar-refractivity contribution < 1.29 is 28.0 Å². The van der Waals surface area contributed by atoms with Crippen molar-refractivity contribution in [2.24, 2.45) is 0 Å². The zero-order valence-electron chi connectivity index (χ0n) is 12.2. The predicted molar refractivity (Wildman–Crippen MR) is 78.8 cm³/mol. The third-order valence-corrected chi connectivity index (χ3v) is 2.78. The fraction of sp³-hybridized carbons (Fsp3) is 0.0714. The number of nitro benzene ring substituents is 1. The summed E-state index contributed by atoms with van der Waals surface area (Å²) in [6.45, 7) is 0. The number of carbonyl (C=O) groups is 1. The van der Waals surface area contributed by atoms with Crippen molar-refractivity contribution >= 4 is 17.5 Å². The van der Waals surface area contributed by atoms with Gasteiger partial charge in [-0.1, -0.05) is 0 Å². The molecule has 8 nitrogen and oxygen atoms in total. The molecular weight excluding hydrogens is 328 g/mol. The van der Waals surface area contributed by atoms with Crippen molar-refractivity contribution in [3.05, 3.63) is 58.1 Å². The lowest BCUT2D eigenvalue weighted by atomic mass is 10.2. The molecule has 0 aliphatic carbocycles. The van der Waals surface area contributed by atoms with Crippen LogP contribution in [0.2, 0.25) is 0 Å². The van der Waals surface area contributed by atoms with Gasteiger partial charge in [0.15, 0.2) is 17.3 Å². The van der Waals surface area contributed by atoms with Gasteiger partial charge in [0, 0.05) is 18.2 Å². The molecule has 0 aliphatic heterocycles. The molecule has 2 N–H and O–H groups in total. The molecule has 24 heavy (non-hydrogen) atoms. The third kappa shape index (κ3) is 4.06. The molecule has 0 saturated carbocycles. The topological polar surface area (TPSA) is 103 Å². The molecule has 0 heterocycles. The van der Waals surface area contributed by atoms with Crippen LogP contribution in [0, 0.1) is 21.7 Å². The molecule has 0 radical (unpaired) electrons. The Morgan fingerprint density at radius 3 is 2.54 bits per heavy atom. The largest absolute Gasteiger partial charge is 0.490 e. The van der Waals surface area contributed by atoms with Crippen molar-refractivity contribution in [3.63, 3.8) is 0 Å². The molecule has 0 bridgehead atoms. The number of benzene rings is 2. The van der Waals surface area contributed by atoms with Crippen molar-refractivity contribution in [2.75, 3.05) is 12.5 Å². The second-order valence-corrected chi connectivity index (χ2v) is 4.36. The maximum absolute atomic E-state index is 13.3. The number of nitrogens with zero attached hydrogens (tertiary/aromatic N) is 1. The van der Waals surface area contributed by atoms with E-state index in [1.807, 2.05) is 0 Å². The number of hydrazine groups is 1. The first kappa shape index (κ1) is 16.9. The van der Waals surface area contributed by atoms with E-state index in [4.69, 9.17) is 4.74 Å². The number of nitrogens with one attached hydrogen (secondary N) is 2. The standard InChI is InChI=1S/C14H11F2N3O5/c1-23-13-7-9(3-4-11(13)19(21)22)17-18-14(20)24-12-5-2-8(15)6-10(12)16/h2-7,17H,1H3,(H,18,20). The number of methoxy groups -OCH3 is 1. The zero-order valence-corrected chi connectivity index (χ0v) is 12.2. The van der Waals surface area contributed by atoms with Gasteiger partial charge < -0.3 is 9.47 Å². The highest BCUT2D eigenvalue weighted by Gasteiger charge is 2.15. The number of rotatable bonds is 5. The molecule has 0 unspecified atom stereocenters. The van der Waals surface area contributed by atoms with Gasteiger partial charge in [0.2, 0.25) is 0 Å². The van der Waals surface area contributed by atoms with Crippen LogP contribution in [-0.2, 0) is 0 Å². The Kier molecular flexibility index (Phi) is 5.09. The van der Waals surface area contributed by atoms with E-state index in [0.29, 0.717) is 6.07 Å².